The van der Waals surface area contributed by atoms with Crippen LogP contribution in [-0.4, -0.2) is 59.2 Å². The summed E-state index contributed by atoms with van der Waals surface area (Å²) in [4.78, 5) is 19.4. The second kappa shape index (κ2) is 8.76. The zero-order valence-electron chi connectivity index (χ0n) is 17.0. The number of nitrogens with one attached hydrogen (secondary N) is 1. The largest absolute Gasteiger partial charge is 0.374 e. The molecule has 2 aromatic carbocycles. The maximum atomic E-state index is 12.6. The molecular weight excluding hydrogens is 364 g/mol. The van der Waals surface area contributed by atoms with E-state index in [4.69, 9.17) is 4.74 Å². The Labute approximate surface area is 171 Å². The zero-order chi connectivity index (χ0) is 20.2. The third-order valence-corrected chi connectivity index (χ3v) is 5.20. The average molecular weight is 393 g/mol. The van der Waals surface area contributed by atoms with Gasteiger partial charge in [-0.1, -0.05) is 26.0 Å². The summed E-state index contributed by atoms with van der Waals surface area (Å²) in [5, 5.41) is 3.02. The summed E-state index contributed by atoms with van der Waals surface area (Å²) in [6.45, 7) is 8.60. The van der Waals surface area contributed by atoms with E-state index in [1.807, 2.05) is 59.4 Å². The molecule has 1 unspecified atom stereocenters. The number of benzene rings is 2. The van der Waals surface area contributed by atoms with E-state index in [1.165, 1.54) is 0 Å². The molecule has 152 valence electrons. The van der Waals surface area contributed by atoms with Crippen LogP contribution in [0.15, 0.2) is 54.9 Å². The summed E-state index contributed by atoms with van der Waals surface area (Å²) in [6.07, 6.45) is 1.85. The van der Waals surface area contributed by atoms with E-state index in [0.717, 1.165) is 43.0 Å². The van der Waals surface area contributed by atoms with Crippen LogP contribution < -0.4 is 5.32 Å². The van der Waals surface area contributed by atoms with Gasteiger partial charge in [0.05, 0.1) is 23.7 Å². The first-order chi connectivity index (χ1) is 14.1. The standard InChI is InChI=1S/C23H28N4O2/c1-17(2)14-26-11-12-29-20(15-26)13-24-23(28)18-7-9-19(10-8-18)27-16-25-21-5-3-4-6-22(21)27/h3-10,16-17,20H,11-15H2,1-2H3,(H,24,28). The van der Waals surface area contributed by atoms with E-state index < -0.39 is 0 Å². The van der Waals surface area contributed by atoms with Crippen molar-refractivity contribution in [1.82, 2.24) is 19.8 Å². The van der Waals surface area contributed by atoms with Crippen molar-refractivity contribution in [3.63, 3.8) is 0 Å². The molecule has 1 aliphatic heterocycles. The van der Waals surface area contributed by atoms with E-state index in [9.17, 15) is 4.79 Å². The van der Waals surface area contributed by atoms with Gasteiger partial charge in [-0.25, -0.2) is 4.98 Å². The molecule has 1 fully saturated rings. The van der Waals surface area contributed by atoms with E-state index in [1.54, 1.807) is 0 Å². The Morgan fingerprint density at radius 2 is 2.00 bits per heavy atom. The molecule has 6 nitrogen and oxygen atoms in total. The molecule has 0 aliphatic carbocycles. The van der Waals surface area contributed by atoms with Gasteiger partial charge in [-0.05, 0) is 42.3 Å². The number of morpholine rings is 1. The molecule has 1 N–H and O–H groups in total. The number of carbonyl (C=O) groups excluding carboxylic acids is 1. The Balaban J connectivity index is 1.36. The molecule has 0 radical (unpaired) electrons. The summed E-state index contributed by atoms with van der Waals surface area (Å²) < 4.78 is 7.84. The monoisotopic (exact) mass is 392 g/mol. The fourth-order valence-electron chi connectivity index (χ4n) is 3.83. The molecule has 0 saturated carbocycles. The van der Waals surface area contributed by atoms with E-state index in [-0.39, 0.29) is 12.0 Å². The smallest absolute Gasteiger partial charge is 0.251 e. The van der Waals surface area contributed by atoms with Crippen LogP contribution in [0.3, 0.4) is 0 Å². The number of para-hydroxylation sites is 2. The van der Waals surface area contributed by atoms with Crippen molar-refractivity contribution in [2.75, 3.05) is 32.8 Å². The highest BCUT2D eigenvalue weighted by atomic mass is 16.5. The Kier molecular flexibility index (Phi) is 5.92. The zero-order valence-corrected chi connectivity index (χ0v) is 17.0. The maximum absolute atomic E-state index is 12.6. The van der Waals surface area contributed by atoms with Crippen molar-refractivity contribution < 1.29 is 9.53 Å². The number of hydrogen-bond acceptors (Lipinski definition) is 4. The summed E-state index contributed by atoms with van der Waals surface area (Å²) in [7, 11) is 0. The van der Waals surface area contributed by atoms with Crippen LogP contribution in [0.25, 0.3) is 16.7 Å². The molecule has 6 heteroatoms. The van der Waals surface area contributed by atoms with Gasteiger partial charge in [0.25, 0.3) is 5.91 Å². The molecule has 29 heavy (non-hydrogen) atoms. The number of hydrogen-bond donors (Lipinski definition) is 1. The minimum absolute atomic E-state index is 0.0445. The van der Waals surface area contributed by atoms with Gasteiger partial charge in [0, 0.05) is 37.4 Å². The highest BCUT2D eigenvalue weighted by Gasteiger charge is 2.21. The minimum atomic E-state index is -0.0726. The van der Waals surface area contributed by atoms with E-state index in [0.29, 0.717) is 18.0 Å². The third-order valence-electron chi connectivity index (χ3n) is 5.20. The molecule has 1 amide bonds. The maximum Gasteiger partial charge on any atom is 0.251 e. The number of imidazole rings is 1. The number of amides is 1. The van der Waals surface area contributed by atoms with Crippen molar-refractivity contribution >= 4 is 16.9 Å². The lowest BCUT2D eigenvalue weighted by Crippen LogP contribution is -2.48. The van der Waals surface area contributed by atoms with Gasteiger partial charge in [0.2, 0.25) is 0 Å². The average Bonchev–Trinajstić information content (AvgIpc) is 3.16. The summed E-state index contributed by atoms with van der Waals surface area (Å²) in [5.41, 5.74) is 3.63. The summed E-state index contributed by atoms with van der Waals surface area (Å²) in [6, 6.07) is 15.6. The molecule has 4 rings (SSSR count). The highest BCUT2D eigenvalue weighted by Crippen LogP contribution is 2.18. The second-order valence-corrected chi connectivity index (χ2v) is 8.01. The molecule has 1 saturated heterocycles. The number of aromatic nitrogens is 2. The number of nitrogens with zero attached hydrogens (tertiary/aromatic N) is 3. The first-order valence-electron chi connectivity index (χ1n) is 10.2. The SMILES string of the molecule is CC(C)CN1CCOC(CNC(=O)c2ccc(-n3cnc4ccccc43)cc2)C1. The van der Waals surface area contributed by atoms with Crippen LogP contribution in [0.2, 0.25) is 0 Å². The summed E-state index contributed by atoms with van der Waals surface area (Å²) in [5.74, 6) is 0.561. The highest BCUT2D eigenvalue weighted by molar-refractivity contribution is 5.94. The van der Waals surface area contributed by atoms with Gasteiger partial charge in [-0.15, -0.1) is 0 Å². The quantitative estimate of drug-likeness (QED) is 0.700. The van der Waals surface area contributed by atoms with Crippen molar-refractivity contribution in [2.24, 2.45) is 5.92 Å². The number of ether oxygens (including phenoxy) is 1. The molecule has 3 aromatic rings. The lowest BCUT2D eigenvalue weighted by molar-refractivity contribution is -0.0295. The van der Waals surface area contributed by atoms with Crippen molar-refractivity contribution in [2.45, 2.75) is 20.0 Å². The van der Waals surface area contributed by atoms with Crippen molar-refractivity contribution in [3.05, 3.63) is 60.4 Å². The van der Waals surface area contributed by atoms with Gasteiger partial charge in [0.1, 0.15) is 6.33 Å². The fraction of sp³-hybridized carbons (Fsp3) is 0.391. The topological polar surface area (TPSA) is 59.4 Å². The van der Waals surface area contributed by atoms with Crippen LogP contribution in [0.4, 0.5) is 0 Å². The second-order valence-electron chi connectivity index (χ2n) is 8.01. The molecular formula is C23H28N4O2. The number of carbonyl (C=O) groups is 1. The molecule has 2 heterocycles. The molecule has 0 spiro atoms. The Morgan fingerprint density at radius 1 is 1.21 bits per heavy atom. The molecule has 1 atom stereocenters. The van der Waals surface area contributed by atoms with Crippen LogP contribution in [-0.2, 0) is 4.74 Å². The fourth-order valence-corrected chi connectivity index (χ4v) is 3.83. The third kappa shape index (κ3) is 4.66. The molecule has 1 aromatic heterocycles. The van der Waals surface area contributed by atoms with Gasteiger partial charge in [-0.2, -0.15) is 0 Å². The number of rotatable bonds is 6. The molecule has 0 bridgehead atoms. The minimum Gasteiger partial charge on any atom is -0.374 e. The normalized spacial score (nSPS) is 17.7. The van der Waals surface area contributed by atoms with E-state index >= 15 is 0 Å². The van der Waals surface area contributed by atoms with Gasteiger partial charge in [0.15, 0.2) is 0 Å². The Morgan fingerprint density at radius 3 is 2.79 bits per heavy atom. The van der Waals surface area contributed by atoms with Gasteiger partial charge in [-0.3, -0.25) is 14.3 Å². The van der Waals surface area contributed by atoms with Crippen LogP contribution >= 0.6 is 0 Å². The van der Waals surface area contributed by atoms with Crippen LogP contribution in [0.5, 0.6) is 0 Å². The Bertz CT molecular complexity index is 964. The first-order valence-corrected chi connectivity index (χ1v) is 10.2. The predicted molar refractivity (Wildman–Crippen MR) is 114 cm³/mol. The van der Waals surface area contributed by atoms with Crippen LogP contribution in [0, 0.1) is 5.92 Å². The lowest BCUT2D eigenvalue weighted by atomic mass is 10.1. The Hall–Kier alpha value is -2.70. The summed E-state index contributed by atoms with van der Waals surface area (Å²) >= 11 is 0. The van der Waals surface area contributed by atoms with Gasteiger partial charge < -0.3 is 10.1 Å². The predicted octanol–water partition coefficient (Wildman–Crippen LogP) is 3.11. The van der Waals surface area contributed by atoms with Crippen molar-refractivity contribution in [3.8, 4) is 5.69 Å². The van der Waals surface area contributed by atoms with E-state index in [2.05, 4.69) is 29.0 Å². The van der Waals surface area contributed by atoms with Crippen molar-refractivity contribution in [1.29, 1.82) is 0 Å². The van der Waals surface area contributed by atoms with Gasteiger partial charge >= 0.3 is 0 Å². The number of fused-ring (bicyclic) bond motifs is 1. The van der Waals surface area contributed by atoms with Crippen LogP contribution in [0.1, 0.15) is 24.2 Å². The molecule has 1 aliphatic rings. The lowest BCUT2D eigenvalue weighted by Gasteiger charge is -2.33. The first kappa shape index (κ1) is 19.6.